The molecule has 0 saturated carbocycles. The van der Waals surface area contributed by atoms with Crippen LogP contribution in [0.3, 0.4) is 0 Å². The summed E-state index contributed by atoms with van der Waals surface area (Å²) in [5, 5.41) is 9.85. The number of H-pyrrole nitrogens is 1. The van der Waals surface area contributed by atoms with Gasteiger partial charge in [0.25, 0.3) is 0 Å². The number of aromatic amines is 1. The summed E-state index contributed by atoms with van der Waals surface area (Å²) in [5.74, 6) is 0.0797. The predicted molar refractivity (Wildman–Crippen MR) is 106 cm³/mol. The molecule has 0 spiro atoms. The predicted octanol–water partition coefficient (Wildman–Crippen LogP) is 4.60. The van der Waals surface area contributed by atoms with E-state index in [-0.39, 0.29) is 11.7 Å². The van der Waals surface area contributed by atoms with Crippen LogP contribution in [0.2, 0.25) is 0 Å². The number of rotatable bonds is 6. The number of amides is 1. The highest BCUT2D eigenvalue weighted by Crippen LogP contribution is 2.24. The van der Waals surface area contributed by atoms with E-state index in [9.17, 15) is 9.18 Å². The van der Waals surface area contributed by atoms with Crippen molar-refractivity contribution in [3.05, 3.63) is 59.4 Å². The Morgan fingerprint density at radius 3 is 2.67 bits per heavy atom. The summed E-state index contributed by atoms with van der Waals surface area (Å²) in [7, 11) is 0. The Hall–Kier alpha value is -2.67. The number of anilines is 1. The highest BCUT2D eigenvalue weighted by molar-refractivity contribution is 8.00. The van der Waals surface area contributed by atoms with Crippen molar-refractivity contribution in [1.82, 2.24) is 15.2 Å². The van der Waals surface area contributed by atoms with Crippen molar-refractivity contribution in [3.63, 3.8) is 0 Å². The third kappa shape index (κ3) is 4.74. The maximum Gasteiger partial charge on any atom is 0.237 e. The van der Waals surface area contributed by atoms with Gasteiger partial charge in [-0.2, -0.15) is 0 Å². The van der Waals surface area contributed by atoms with Gasteiger partial charge in [0.15, 0.2) is 5.82 Å². The number of aromatic nitrogens is 3. The monoisotopic (exact) mass is 384 g/mol. The molecule has 2 aromatic carbocycles. The Balaban J connectivity index is 1.63. The first kappa shape index (κ1) is 19.1. The molecule has 0 aliphatic rings. The van der Waals surface area contributed by atoms with E-state index >= 15 is 0 Å². The van der Waals surface area contributed by atoms with E-state index in [4.69, 9.17) is 0 Å². The Bertz CT molecular complexity index is 939. The average molecular weight is 384 g/mol. The van der Waals surface area contributed by atoms with Crippen LogP contribution in [-0.2, 0) is 11.2 Å². The number of hydrogen-bond acceptors (Lipinski definition) is 4. The van der Waals surface area contributed by atoms with Crippen LogP contribution in [0.15, 0.2) is 47.6 Å². The first-order valence-corrected chi connectivity index (χ1v) is 9.59. The second-order valence-corrected chi connectivity index (χ2v) is 7.54. The van der Waals surface area contributed by atoms with Gasteiger partial charge in [-0.3, -0.25) is 9.89 Å². The zero-order chi connectivity index (χ0) is 19.4. The smallest absolute Gasteiger partial charge is 0.237 e. The number of halogens is 1. The minimum absolute atomic E-state index is 0.234. The third-order valence-corrected chi connectivity index (χ3v) is 5.15. The van der Waals surface area contributed by atoms with Crippen molar-refractivity contribution in [2.24, 2.45) is 0 Å². The number of hydrogen-bond donors (Lipinski definition) is 2. The summed E-state index contributed by atoms with van der Waals surface area (Å²) in [6.07, 6.45) is 0.981. The molecule has 2 N–H and O–H groups in total. The molecule has 0 aliphatic heterocycles. The van der Waals surface area contributed by atoms with E-state index in [0.29, 0.717) is 22.2 Å². The first-order valence-electron chi connectivity index (χ1n) is 8.71. The van der Waals surface area contributed by atoms with E-state index in [1.54, 1.807) is 26.0 Å². The summed E-state index contributed by atoms with van der Waals surface area (Å²) in [6, 6.07) is 12.7. The van der Waals surface area contributed by atoms with Gasteiger partial charge in [-0.05, 0) is 43.5 Å². The summed E-state index contributed by atoms with van der Waals surface area (Å²) in [6.45, 7) is 5.54. The Kier molecular flexibility index (Phi) is 5.91. The van der Waals surface area contributed by atoms with Crippen molar-refractivity contribution in [1.29, 1.82) is 0 Å². The van der Waals surface area contributed by atoms with Crippen molar-refractivity contribution in [2.75, 3.05) is 5.32 Å². The standard InChI is InChI=1S/C20H21FN4OS/c1-4-14-6-8-15(9-7-14)18-23-20(25-24-18)27-13(3)19(26)22-16-10-5-12(2)17(21)11-16/h5-11,13H,4H2,1-3H3,(H,22,26)(H,23,24,25)/t13-/m1/s1. The largest absolute Gasteiger partial charge is 0.325 e. The van der Waals surface area contributed by atoms with Gasteiger partial charge in [0, 0.05) is 11.3 Å². The molecule has 0 saturated heterocycles. The Morgan fingerprint density at radius 1 is 1.26 bits per heavy atom. The SMILES string of the molecule is CCc1ccc(-c2nc(S[C@H](C)C(=O)Nc3ccc(C)c(F)c3)n[nH]2)cc1. The van der Waals surface area contributed by atoms with Crippen LogP contribution in [0.5, 0.6) is 0 Å². The third-order valence-electron chi connectivity index (χ3n) is 4.19. The lowest BCUT2D eigenvalue weighted by Gasteiger charge is -2.10. The number of nitrogens with one attached hydrogen (secondary N) is 2. The van der Waals surface area contributed by atoms with E-state index in [0.717, 1.165) is 12.0 Å². The molecule has 0 radical (unpaired) electrons. The van der Waals surface area contributed by atoms with Gasteiger partial charge in [-0.25, -0.2) is 9.37 Å². The lowest BCUT2D eigenvalue weighted by atomic mass is 10.1. The van der Waals surface area contributed by atoms with Gasteiger partial charge in [0.2, 0.25) is 11.1 Å². The molecule has 0 aliphatic carbocycles. The normalized spacial score (nSPS) is 12.0. The number of aryl methyl sites for hydroxylation is 2. The minimum Gasteiger partial charge on any atom is -0.325 e. The molecule has 5 nitrogen and oxygen atoms in total. The minimum atomic E-state index is -0.430. The fourth-order valence-corrected chi connectivity index (χ4v) is 3.18. The lowest BCUT2D eigenvalue weighted by molar-refractivity contribution is -0.115. The fourth-order valence-electron chi connectivity index (χ4n) is 2.45. The number of carbonyl (C=O) groups is 1. The topological polar surface area (TPSA) is 70.7 Å². The molecule has 7 heteroatoms. The van der Waals surface area contributed by atoms with Crippen LogP contribution in [0.4, 0.5) is 10.1 Å². The van der Waals surface area contributed by atoms with Crippen LogP contribution in [0.1, 0.15) is 25.0 Å². The van der Waals surface area contributed by atoms with Gasteiger partial charge in [-0.15, -0.1) is 5.10 Å². The van der Waals surface area contributed by atoms with E-state index in [1.165, 1.54) is 23.4 Å². The van der Waals surface area contributed by atoms with Crippen molar-refractivity contribution in [3.8, 4) is 11.4 Å². The molecule has 1 heterocycles. The second kappa shape index (κ2) is 8.35. The molecule has 0 unspecified atom stereocenters. The van der Waals surface area contributed by atoms with Gasteiger partial charge >= 0.3 is 0 Å². The van der Waals surface area contributed by atoms with E-state index in [1.807, 2.05) is 12.1 Å². The quantitative estimate of drug-likeness (QED) is 0.609. The van der Waals surface area contributed by atoms with Gasteiger partial charge in [-0.1, -0.05) is 49.0 Å². The molecule has 1 aromatic heterocycles. The molecule has 0 bridgehead atoms. The van der Waals surface area contributed by atoms with Crippen LogP contribution in [0.25, 0.3) is 11.4 Å². The molecular formula is C20H21FN4OS. The number of carbonyl (C=O) groups excluding carboxylic acids is 1. The first-order chi connectivity index (χ1) is 13.0. The molecule has 3 aromatic rings. The zero-order valence-electron chi connectivity index (χ0n) is 15.4. The fraction of sp³-hybridized carbons (Fsp3) is 0.250. The highest BCUT2D eigenvalue weighted by atomic mass is 32.2. The van der Waals surface area contributed by atoms with Crippen molar-refractivity contribution in [2.45, 2.75) is 37.6 Å². The Morgan fingerprint density at radius 2 is 2.00 bits per heavy atom. The molecule has 140 valence electrons. The molecule has 3 rings (SSSR count). The number of thioether (sulfide) groups is 1. The molecule has 27 heavy (non-hydrogen) atoms. The van der Waals surface area contributed by atoms with Gasteiger partial charge in [0.1, 0.15) is 5.82 Å². The highest BCUT2D eigenvalue weighted by Gasteiger charge is 2.18. The van der Waals surface area contributed by atoms with Gasteiger partial charge in [0.05, 0.1) is 5.25 Å². The average Bonchev–Trinajstić information content (AvgIpc) is 3.13. The summed E-state index contributed by atoms with van der Waals surface area (Å²) < 4.78 is 13.6. The van der Waals surface area contributed by atoms with Crippen LogP contribution < -0.4 is 5.32 Å². The molecule has 1 amide bonds. The summed E-state index contributed by atoms with van der Waals surface area (Å²) in [5.41, 5.74) is 3.17. The van der Waals surface area contributed by atoms with Crippen molar-refractivity contribution >= 4 is 23.4 Å². The molecule has 1 atom stereocenters. The van der Waals surface area contributed by atoms with E-state index in [2.05, 4.69) is 39.6 Å². The maximum absolute atomic E-state index is 13.6. The van der Waals surface area contributed by atoms with Crippen molar-refractivity contribution < 1.29 is 9.18 Å². The Labute approximate surface area is 161 Å². The lowest BCUT2D eigenvalue weighted by Crippen LogP contribution is -2.22. The zero-order valence-corrected chi connectivity index (χ0v) is 16.2. The van der Waals surface area contributed by atoms with Crippen LogP contribution in [-0.4, -0.2) is 26.3 Å². The van der Waals surface area contributed by atoms with Crippen LogP contribution >= 0.6 is 11.8 Å². The molecule has 0 fully saturated rings. The summed E-state index contributed by atoms with van der Waals surface area (Å²) >= 11 is 1.24. The van der Waals surface area contributed by atoms with Gasteiger partial charge < -0.3 is 5.32 Å². The summed E-state index contributed by atoms with van der Waals surface area (Å²) in [4.78, 5) is 16.8. The van der Waals surface area contributed by atoms with Crippen LogP contribution in [0, 0.1) is 12.7 Å². The maximum atomic E-state index is 13.6. The number of benzene rings is 2. The molecular weight excluding hydrogens is 363 g/mol. The number of nitrogens with zero attached hydrogens (tertiary/aromatic N) is 2. The van der Waals surface area contributed by atoms with E-state index < -0.39 is 5.25 Å². The second-order valence-electron chi connectivity index (χ2n) is 6.23.